The topological polar surface area (TPSA) is 139 Å². The van der Waals surface area contributed by atoms with Crippen LogP contribution in [0.25, 0.3) is 0 Å². The molecule has 4 N–H and O–H groups in total. The number of hydrogen-bond donors (Lipinski definition) is 3. The highest BCUT2D eigenvalue weighted by molar-refractivity contribution is 6.39. The average molecular weight is 383 g/mol. The minimum Gasteiger partial charge on any atom is -0.493 e. The molecule has 0 aliphatic carbocycles. The van der Waals surface area contributed by atoms with Crippen molar-refractivity contribution in [1.82, 2.24) is 14.9 Å². The number of pyridine rings is 2. The Kier molecular flexibility index (Phi) is 5.53. The zero-order chi connectivity index (χ0) is 20.3. The number of carbonyl (C=O) groups excluding carboxylic acids is 3. The van der Waals surface area contributed by atoms with Crippen LogP contribution < -0.4 is 11.1 Å². The minimum absolute atomic E-state index is 0.106. The zero-order valence-electron chi connectivity index (χ0n) is 15.3. The van der Waals surface area contributed by atoms with Crippen molar-refractivity contribution < 1.29 is 19.5 Å². The fraction of sp³-hybridized carbons (Fsp3) is 0.316. The van der Waals surface area contributed by atoms with Crippen LogP contribution in [0.5, 0.6) is 5.88 Å². The highest BCUT2D eigenvalue weighted by Gasteiger charge is 2.34. The van der Waals surface area contributed by atoms with E-state index in [0.717, 1.165) is 12.0 Å². The molecule has 2 atom stereocenters. The summed E-state index contributed by atoms with van der Waals surface area (Å²) in [5.74, 6) is -2.05. The molecule has 3 amide bonds. The van der Waals surface area contributed by atoms with Crippen LogP contribution in [0.15, 0.2) is 36.8 Å². The van der Waals surface area contributed by atoms with Gasteiger partial charge in [0.25, 0.3) is 0 Å². The molecule has 3 heterocycles. The summed E-state index contributed by atoms with van der Waals surface area (Å²) in [5.41, 5.74) is 6.30. The maximum atomic E-state index is 12.8. The van der Waals surface area contributed by atoms with Gasteiger partial charge in [-0.2, -0.15) is 0 Å². The van der Waals surface area contributed by atoms with Gasteiger partial charge in [0.2, 0.25) is 11.8 Å². The van der Waals surface area contributed by atoms with E-state index >= 15 is 0 Å². The Morgan fingerprint density at radius 2 is 2.00 bits per heavy atom. The molecule has 9 heteroatoms. The number of carbonyl (C=O) groups is 3. The van der Waals surface area contributed by atoms with E-state index in [1.165, 1.54) is 35.6 Å². The summed E-state index contributed by atoms with van der Waals surface area (Å²) in [6, 6.07) is 4.21. The van der Waals surface area contributed by atoms with Crippen molar-refractivity contribution in [3.8, 4) is 5.88 Å². The maximum Gasteiger partial charge on any atom is 0.313 e. The van der Waals surface area contributed by atoms with E-state index in [2.05, 4.69) is 15.3 Å². The molecule has 28 heavy (non-hydrogen) atoms. The Bertz CT molecular complexity index is 899. The fourth-order valence-corrected chi connectivity index (χ4v) is 3.28. The molecule has 0 aromatic carbocycles. The van der Waals surface area contributed by atoms with Gasteiger partial charge in [-0.3, -0.25) is 19.4 Å². The lowest BCUT2D eigenvalue weighted by Crippen LogP contribution is -2.46. The predicted octanol–water partition coefficient (Wildman–Crippen LogP) is 1.22. The molecular formula is C19H21N5O4. The molecule has 0 saturated carbocycles. The number of amides is 3. The number of anilines is 1. The quantitative estimate of drug-likeness (QED) is 0.681. The van der Waals surface area contributed by atoms with Crippen molar-refractivity contribution in [3.63, 3.8) is 0 Å². The first-order chi connectivity index (χ1) is 13.3. The molecule has 0 spiro atoms. The Balaban J connectivity index is 1.79. The zero-order valence-corrected chi connectivity index (χ0v) is 15.3. The third kappa shape index (κ3) is 4.25. The Morgan fingerprint density at radius 3 is 2.68 bits per heavy atom. The molecule has 0 unspecified atom stereocenters. The summed E-state index contributed by atoms with van der Waals surface area (Å²) in [7, 11) is 0. The number of nitrogens with zero attached hydrogens (tertiary/aromatic N) is 3. The Hall–Kier alpha value is -3.49. The van der Waals surface area contributed by atoms with Gasteiger partial charge in [0.1, 0.15) is 0 Å². The number of likely N-dealkylation sites (tertiary alicyclic amines) is 1. The summed E-state index contributed by atoms with van der Waals surface area (Å²) in [6.45, 7) is 2.45. The van der Waals surface area contributed by atoms with Crippen LogP contribution >= 0.6 is 0 Å². The van der Waals surface area contributed by atoms with Crippen LogP contribution in [0.3, 0.4) is 0 Å². The number of nitrogens with one attached hydrogen (secondary N) is 1. The monoisotopic (exact) mass is 383 g/mol. The van der Waals surface area contributed by atoms with Gasteiger partial charge in [0.05, 0.1) is 23.5 Å². The highest BCUT2D eigenvalue weighted by atomic mass is 16.3. The molecule has 0 bridgehead atoms. The van der Waals surface area contributed by atoms with Crippen LogP contribution in [0.2, 0.25) is 0 Å². The standard InChI is InChI=1S/C19H21N5O4/c1-11-2-4-15(12-3-5-16(25)22-8-12)24(10-11)19(28)18(27)23-14-6-13(17(20)26)7-21-9-14/h3,5-9,11,15H,2,4,10H2,1H3,(H2,20,26)(H,22,25)(H,23,27)/t11-,15-/m0/s1. The van der Waals surface area contributed by atoms with Crippen LogP contribution in [0, 0.1) is 5.92 Å². The molecule has 1 fully saturated rings. The van der Waals surface area contributed by atoms with E-state index in [1.54, 1.807) is 6.07 Å². The first-order valence-electron chi connectivity index (χ1n) is 8.87. The molecule has 146 valence electrons. The van der Waals surface area contributed by atoms with Crippen molar-refractivity contribution in [3.05, 3.63) is 47.9 Å². The van der Waals surface area contributed by atoms with Gasteiger partial charge in [-0.15, -0.1) is 0 Å². The number of rotatable bonds is 3. The van der Waals surface area contributed by atoms with Crippen molar-refractivity contribution in [2.45, 2.75) is 25.8 Å². The number of hydrogen-bond acceptors (Lipinski definition) is 6. The summed E-state index contributed by atoms with van der Waals surface area (Å²) in [4.78, 5) is 45.9. The first-order valence-corrected chi connectivity index (χ1v) is 8.87. The van der Waals surface area contributed by atoms with Crippen molar-refractivity contribution >= 4 is 23.4 Å². The SMILES string of the molecule is C[C@H]1CC[C@@H](c2ccc(O)nc2)N(C(=O)C(=O)Nc2cncc(C(N)=O)c2)C1. The number of primary amides is 1. The molecule has 2 aromatic heterocycles. The van der Waals surface area contributed by atoms with Crippen LogP contribution in [-0.4, -0.2) is 44.2 Å². The van der Waals surface area contributed by atoms with Crippen LogP contribution in [0.1, 0.15) is 41.7 Å². The van der Waals surface area contributed by atoms with Gasteiger partial charge in [0.15, 0.2) is 0 Å². The molecular weight excluding hydrogens is 362 g/mol. The normalized spacial score (nSPS) is 19.1. The van der Waals surface area contributed by atoms with Gasteiger partial charge in [-0.25, -0.2) is 4.98 Å². The molecule has 2 aromatic rings. The largest absolute Gasteiger partial charge is 0.493 e. The molecule has 1 aliphatic heterocycles. The van der Waals surface area contributed by atoms with Gasteiger partial charge >= 0.3 is 11.8 Å². The smallest absolute Gasteiger partial charge is 0.313 e. The van der Waals surface area contributed by atoms with Crippen molar-refractivity contribution in [1.29, 1.82) is 0 Å². The number of aromatic nitrogens is 2. The second-order valence-corrected chi connectivity index (χ2v) is 6.89. The number of piperidine rings is 1. The van der Waals surface area contributed by atoms with E-state index in [-0.39, 0.29) is 29.1 Å². The van der Waals surface area contributed by atoms with E-state index in [0.29, 0.717) is 13.0 Å². The van der Waals surface area contributed by atoms with Gasteiger partial charge < -0.3 is 21.1 Å². The van der Waals surface area contributed by atoms with Gasteiger partial charge in [-0.05, 0) is 30.4 Å². The van der Waals surface area contributed by atoms with Crippen molar-refractivity contribution in [2.24, 2.45) is 11.7 Å². The molecule has 1 saturated heterocycles. The Labute approximate surface area is 161 Å². The Morgan fingerprint density at radius 1 is 1.21 bits per heavy atom. The number of aromatic hydroxyl groups is 1. The van der Waals surface area contributed by atoms with Gasteiger partial charge in [0, 0.05) is 25.0 Å². The van der Waals surface area contributed by atoms with E-state index in [4.69, 9.17) is 5.73 Å². The third-order valence-electron chi connectivity index (χ3n) is 4.71. The van der Waals surface area contributed by atoms with Crippen LogP contribution in [0.4, 0.5) is 5.69 Å². The van der Waals surface area contributed by atoms with Crippen molar-refractivity contribution in [2.75, 3.05) is 11.9 Å². The molecule has 1 aliphatic rings. The average Bonchev–Trinajstić information content (AvgIpc) is 2.68. The first kappa shape index (κ1) is 19.3. The summed E-state index contributed by atoms with van der Waals surface area (Å²) in [6.07, 6.45) is 5.71. The lowest BCUT2D eigenvalue weighted by molar-refractivity contribution is -0.146. The summed E-state index contributed by atoms with van der Waals surface area (Å²) in [5, 5.41) is 11.9. The fourth-order valence-electron chi connectivity index (χ4n) is 3.28. The maximum absolute atomic E-state index is 12.8. The van der Waals surface area contributed by atoms with Crippen LogP contribution in [-0.2, 0) is 9.59 Å². The summed E-state index contributed by atoms with van der Waals surface area (Å²) < 4.78 is 0. The molecule has 9 nitrogen and oxygen atoms in total. The summed E-state index contributed by atoms with van der Waals surface area (Å²) >= 11 is 0. The predicted molar refractivity (Wildman–Crippen MR) is 100 cm³/mol. The third-order valence-corrected chi connectivity index (χ3v) is 4.71. The molecule has 0 radical (unpaired) electrons. The second kappa shape index (κ2) is 8.03. The van der Waals surface area contributed by atoms with E-state index in [9.17, 15) is 19.5 Å². The van der Waals surface area contributed by atoms with E-state index in [1.807, 2.05) is 6.92 Å². The molecule has 3 rings (SSSR count). The minimum atomic E-state index is -0.825. The number of nitrogens with two attached hydrogens (primary N) is 1. The van der Waals surface area contributed by atoms with E-state index < -0.39 is 17.7 Å². The van der Waals surface area contributed by atoms with Gasteiger partial charge in [-0.1, -0.05) is 13.0 Å². The second-order valence-electron chi connectivity index (χ2n) is 6.89. The lowest BCUT2D eigenvalue weighted by Gasteiger charge is -2.38. The highest BCUT2D eigenvalue weighted by Crippen LogP contribution is 2.33. The lowest BCUT2D eigenvalue weighted by atomic mass is 9.90.